The summed E-state index contributed by atoms with van der Waals surface area (Å²) in [4.78, 5) is 14.9. The Morgan fingerprint density at radius 3 is 2.56 bits per heavy atom. The molecule has 1 atom stereocenters. The molecule has 0 spiro atoms. The first-order chi connectivity index (χ1) is 15.7. The molecule has 2 aliphatic heterocycles. The zero-order valence-corrected chi connectivity index (χ0v) is 18.6. The van der Waals surface area contributed by atoms with Crippen LogP contribution in [-0.2, 0) is 14.9 Å². The van der Waals surface area contributed by atoms with Crippen LogP contribution in [-0.4, -0.2) is 56.3 Å². The first-order valence-corrected chi connectivity index (χ1v) is 11.7. The van der Waals surface area contributed by atoms with Gasteiger partial charge in [-0.3, -0.25) is 4.79 Å². The third-order valence-corrected chi connectivity index (χ3v) is 6.78. The van der Waals surface area contributed by atoms with Crippen LogP contribution in [0.2, 0.25) is 0 Å². The van der Waals surface area contributed by atoms with Gasteiger partial charge < -0.3 is 19.7 Å². The second kappa shape index (κ2) is 10.9. The molecule has 2 aliphatic rings. The molecule has 2 aromatic carbocycles. The highest BCUT2D eigenvalue weighted by molar-refractivity contribution is 5.79. The van der Waals surface area contributed by atoms with Crippen LogP contribution in [0.1, 0.15) is 37.7 Å². The number of rotatable bonds is 10. The van der Waals surface area contributed by atoms with E-state index >= 15 is 0 Å². The van der Waals surface area contributed by atoms with Crippen LogP contribution < -0.4 is 10.1 Å². The van der Waals surface area contributed by atoms with Crippen molar-refractivity contribution in [2.75, 3.05) is 39.5 Å². The second-order valence-electron chi connectivity index (χ2n) is 8.81. The van der Waals surface area contributed by atoms with Crippen molar-refractivity contribution < 1.29 is 18.7 Å². The number of nitrogens with zero attached hydrogens (tertiary/aromatic N) is 1. The second-order valence-corrected chi connectivity index (χ2v) is 8.81. The predicted octanol–water partition coefficient (Wildman–Crippen LogP) is 3.92. The Kier molecular flexibility index (Phi) is 7.76. The molecular weight excluding hydrogens is 407 g/mol. The predicted molar refractivity (Wildman–Crippen MR) is 122 cm³/mol. The van der Waals surface area contributed by atoms with E-state index in [0.717, 1.165) is 52.0 Å². The lowest BCUT2D eigenvalue weighted by atomic mass is 9.73. The number of ether oxygens (including phenoxy) is 2. The fourth-order valence-electron chi connectivity index (χ4n) is 4.89. The van der Waals surface area contributed by atoms with E-state index in [2.05, 4.69) is 34.5 Å². The van der Waals surface area contributed by atoms with Crippen molar-refractivity contribution in [2.24, 2.45) is 0 Å². The van der Waals surface area contributed by atoms with Gasteiger partial charge in [0.15, 0.2) is 0 Å². The van der Waals surface area contributed by atoms with Crippen molar-refractivity contribution in [3.63, 3.8) is 0 Å². The highest BCUT2D eigenvalue weighted by Gasteiger charge is 2.41. The molecule has 2 saturated heterocycles. The largest absolute Gasteiger partial charge is 0.492 e. The number of carbonyl (C=O) groups excluding carboxylic acids is 1. The van der Waals surface area contributed by atoms with Gasteiger partial charge in [0.1, 0.15) is 18.2 Å². The van der Waals surface area contributed by atoms with Crippen molar-refractivity contribution >= 4 is 5.91 Å². The smallest absolute Gasteiger partial charge is 0.222 e. The number of halogens is 1. The van der Waals surface area contributed by atoms with Gasteiger partial charge in [-0.15, -0.1) is 0 Å². The van der Waals surface area contributed by atoms with E-state index in [1.165, 1.54) is 17.7 Å². The quantitative estimate of drug-likeness (QED) is 0.569. The van der Waals surface area contributed by atoms with Gasteiger partial charge in [0.25, 0.3) is 0 Å². The van der Waals surface area contributed by atoms with E-state index in [1.54, 1.807) is 12.1 Å². The average Bonchev–Trinajstić information content (AvgIpc) is 3.17. The summed E-state index contributed by atoms with van der Waals surface area (Å²) in [5.41, 5.74) is 1.30. The van der Waals surface area contributed by atoms with E-state index in [0.29, 0.717) is 25.3 Å². The molecule has 0 aromatic heterocycles. The van der Waals surface area contributed by atoms with Crippen molar-refractivity contribution in [3.05, 3.63) is 66.0 Å². The Balaban J connectivity index is 1.27. The van der Waals surface area contributed by atoms with E-state index in [4.69, 9.17) is 9.47 Å². The number of amides is 1. The van der Waals surface area contributed by atoms with Crippen LogP contribution in [0.4, 0.5) is 4.39 Å². The molecule has 0 saturated carbocycles. The molecule has 2 fully saturated rings. The molecule has 2 aromatic rings. The molecule has 32 heavy (non-hydrogen) atoms. The van der Waals surface area contributed by atoms with Gasteiger partial charge in [-0.1, -0.05) is 30.3 Å². The van der Waals surface area contributed by atoms with Crippen molar-refractivity contribution in [2.45, 2.75) is 43.6 Å². The first kappa shape index (κ1) is 22.7. The standard InChI is InChI=1S/C26H33FN2O3/c27-22-6-9-24(10-7-22)32-19-16-28-15-12-23-8-11-25(30)29(23)20-26(13-17-31-18-14-26)21-4-2-1-3-5-21/h1-7,9-10,23,28H,8,11-20H2/t23-/m0/s1. The van der Waals surface area contributed by atoms with Crippen LogP contribution in [0, 0.1) is 5.82 Å². The molecule has 0 unspecified atom stereocenters. The zero-order chi connectivity index (χ0) is 22.2. The maximum Gasteiger partial charge on any atom is 0.222 e. The number of nitrogens with one attached hydrogen (secondary N) is 1. The Labute approximate surface area is 189 Å². The summed E-state index contributed by atoms with van der Waals surface area (Å²) >= 11 is 0. The Morgan fingerprint density at radius 2 is 1.81 bits per heavy atom. The molecule has 172 valence electrons. The summed E-state index contributed by atoms with van der Waals surface area (Å²) in [7, 11) is 0. The summed E-state index contributed by atoms with van der Waals surface area (Å²) in [6, 6.07) is 17.0. The summed E-state index contributed by atoms with van der Waals surface area (Å²) in [6.45, 7) is 4.34. The van der Waals surface area contributed by atoms with Gasteiger partial charge in [0.05, 0.1) is 0 Å². The summed E-state index contributed by atoms with van der Waals surface area (Å²) in [5.74, 6) is 0.681. The number of hydrogen-bond acceptors (Lipinski definition) is 4. The number of hydrogen-bond donors (Lipinski definition) is 1. The average molecular weight is 441 g/mol. The highest BCUT2D eigenvalue weighted by atomic mass is 19.1. The first-order valence-electron chi connectivity index (χ1n) is 11.7. The molecular formula is C26H33FN2O3. The Bertz CT molecular complexity index is 853. The van der Waals surface area contributed by atoms with Gasteiger partial charge in [0, 0.05) is 44.2 Å². The van der Waals surface area contributed by atoms with Crippen LogP contribution in [0.25, 0.3) is 0 Å². The van der Waals surface area contributed by atoms with E-state index in [1.807, 2.05) is 6.07 Å². The summed E-state index contributed by atoms with van der Waals surface area (Å²) < 4.78 is 24.2. The molecule has 6 heteroatoms. The van der Waals surface area contributed by atoms with Crippen LogP contribution >= 0.6 is 0 Å². The van der Waals surface area contributed by atoms with Crippen molar-refractivity contribution in [3.8, 4) is 5.75 Å². The van der Waals surface area contributed by atoms with Crippen molar-refractivity contribution in [1.82, 2.24) is 10.2 Å². The van der Waals surface area contributed by atoms with Gasteiger partial charge in [-0.2, -0.15) is 0 Å². The highest BCUT2D eigenvalue weighted by Crippen LogP contribution is 2.38. The van der Waals surface area contributed by atoms with Crippen LogP contribution in [0.3, 0.4) is 0 Å². The van der Waals surface area contributed by atoms with Gasteiger partial charge >= 0.3 is 0 Å². The van der Waals surface area contributed by atoms with Gasteiger partial charge in [-0.05, 0) is 62.1 Å². The van der Waals surface area contributed by atoms with Crippen molar-refractivity contribution in [1.29, 1.82) is 0 Å². The lowest BCUT2D eigenvalue weighted by Crippen LogP contribution is -2.48. The minimum atomic E-state index is -0.263. The fourth-order valence-corrected chi connectivity index (χ4v) is 4.89. The maximum absolute atomic E-state index is 12.9. The molecule has 5 nitrogen and oxygen atoms in total. The number of carbonyl (C=O) groups is 1. The number of benzene rings is 2. The SMILES string of the molecule is O=C1CC[C@@H](CCNCCOc2ccc(F)cc2)N1CC1(c2ccccc2)CCOCC1. The van der Waals surface area contributed by atoms with E-state index in [9.17, 15) is 9.18 Å². The molecule has 1 N–H and O–H groups in total. The van der Waals surface area contributed by atoms with E-state index < -0.39 is 0 Å². The van der Waals surface area contributed by atoms with Crippen LogP contribution in [0.5, 0.6) is 5.75 Å². The van der Waals surface area contributed by atoms with E-state index in [-0.39, 0.29) is 23.2 Å². The summed E-state index contributed by atoms with van der Waals surface area (Å²) in [5, 5.41) is 3.42. The Morgan fingerprint density at radius 1 is 1.06 bits per heavy atom. The molecule has 4 rings (SSSR count). The fraction of sp³-hybridized carbons (Fsp3) is 0.500. The topological polar surface area (TPSA) is 50.8 Å². The minimum Gasteiger partial charge on any atom is -0.492 e. The molecule has 0 bridgehead atoms. The zero-order valence-electron chi connectivity index (χ0n) is 18.6. The lowest BCUT2D eigenvalue weighted by molar-refractivity contribution is -0.130. The minimum absolute atomic E-state index is 0.0197. The van der Waals surface area contributed by atoms with Gasteiger partial charge in [-0.25, -0.2) is 4.39 Å². The molecule has 2 heterocycles. The van der Waals surface area contributed by atoms with Crippen LogP contribution in [0.15, 0.2) is 54.6 Å². The Hall–Kier alpha value is -2.44. The third-order valence-electron chi connectivity index (χ3n) is 6.78. The number of likely N-dealkylation sites (tertiary alicyclic amines) is 1. The maximum atomic E-state index is 12.9. The molecule has 0 radical (unpaired) electrons. The lowest BCUT2D eigenvalue weighted by Gasteiger charge is -2.42. The third kappa shape index (κ3) is 5.67. The monoisotopic (exact) mass is 440 g/mol. The van der Waals surface area contributed by atoms with Gasteiger partial charge in [0.2, 0.25) is 5.91 Å². The molecule has 1 amide bonds. The summed E-state index contributed by atoms with van der Waals surface area (Å²) in [6.07, 6.45) is 4.40. The molecule has 0 aliphatic carbocycles. The normalized spacial score (nSPS) is 20.5.